The van der Waals surface area contributed by atoms with Crippen LogP contribution in [0.25, 0.3) is 0 Å². The molecule has 0 nitrogen and oxygen atoms in total. The van der Waals surface area contributed by atoms with E-state index in [-0.39, 0.29) is 21.2 Å². The second-order valence-corrected chi connectivity index (χ2v) is 6.24. The second kappa shape index (κ2) is 3.34. The third-order valence-corrected chi connectivity index (χ3v) is 5.70. The standard InChI is InChI=1S/C13H9I/c1-3-7-12-10(5-1)9-11-6-2-4-8-13(11)14-12/h1,3-8H,9H2/q+2. The number of hydrogen-bond donors (Lipinski definition) is 0. The fourth-order valence-electron chi connectivity index (χ4n) is 1.72. The molecule has 0 amide bonds. The molecule has 66 valence electrons. The van der Waals surface area contributed by atoms with Gasteiger partial charge in [-0.1, -0.05) is 18.2 Å². The van der Waals surface area contributed by atoms with Crippen LogP contribution in [-0.2, 0) is 6.42 Å². The lowest BCUT2D eigenvalue weighted by Gasteiger charge is -2.03. The molecule has 0 unspecified atom stereocenters. The normalized spacial score (nSPS) is 17.4. The van der Waals surface area contributed by atoms with Gasteiger partial charge in [0.15, 0.2) is 0 Å². The van der Waals surface area contributed by atoms with Crippen LogP contribution in [-0.4, -0.2) is 0 Å². The van der Waals surface area contributed by atoms with Crippen molar-refractivity contribution >= 4 is 0 Å². The van der Waals surface area contributed by atoms with Gasteiger partial charge in [0, 0.05) is 11.6 Å². The van der Waals surface area contributed by atoms with Crippen molar-refractivity contribution in [2.24, 2.45) is 0 Å². The highest BCUT2D eigenvalue weighted by atomic mass is 127. The number of rotatable bonds is 0. The molecule has 0 aromatic heterocycles. The third-order valence-electron chi connectivity index (χ3n) is 2.43. The molecule has 14 heavy (non-hydrogen) atoms. The Morgan fingerprint density at radius 2 is 2.14 bits per heavy atom. The van der Waals surface area contributed by atoms with Crippen LogP contribution in [0.15, 0.2) is 51.6 Å². The maximum absolute atomic E-state index is 3.17. The minimum absolute atomic E-state index is 0.0553. The van der Waals surface area contributed by atoms with Gasteiger partial charge in [-0.25, -0.2) is 0 Å². The van der Waals surface area contributed by atoms with Gasteiger partial charge < -0.3 is 0 Å². The predicted octanol–water partition coefficient (Wildman–Crippen LogP) is -0.315. The van der Waals surface area contributed by atoms with E-state index in [1.807, 2.05) is 6.08 Å². The van der Waals surface area contributed by atoms with E-state index in [0.29, 0.717) is 0 Å². The Hall–Kier alpha value is -0.920. The molecule has 0 bridgehead atoms. The summed E-state index contributed by atoms with van der Waals surface area (Å²) < 4.78 is 3.16. The minimum Gasteiger partial charge on any atom is -0.0616 e. The van der Waals surface area contributed by atoms with Gasteiger partial charge in [0.05, 0.1) is 6.42 Å². The van der Waals surface area contributed by atoms with Crippen LogP contribution in [0.2, 0.25) is 0 Å². The van der Waals surface area contributed by atoms with E-state index < -0.39 is 0 Å². The van der Waals surface area contributed by atoms with Gasteiger partial charge in [-0.3, -0.25) is 0 Å². The van der Waals surface area contributed by atoms with Crippen molar-refractivity contribution in [3.05, 3.63) is 66.9 Å². The van der Waals surface area contributed by atoms with Crippen molar-refractivity contribution < 1.29 is 21.2 Å². The molecule has 0 N–H and O–H groups in total. The van der Waals surface area contributed by atoms with Crippen LogP contribution in [0.3, 0.4) is 0 Å². The summed E-state index contributed by atoms with van der Waals surface area (Å²) in [4.78, 5) is 0. The fourth-order valence-corrected chi connectivity index (χ4v) is 4.51. The summed E-state index contributed by atoms with van der Waals surface area (Å²) >= 11 is 0.0553. The van der Waals surface area contributed by atoms with Gasteiger partial charge >= 0.3 is 24.8 Å². The number of benzene rings is 1. The van der Waals surface area contributed by atoms with Crippen LogP contribution < -0.4 is 21.2 Å². The first-order chi connectivity index (χ1) is 6.93. The van der Waals surface area contributed by atoms with Crippen molar-refractivity contribution in [2.75, 3.05) is 0 Å². The lowest BCUT2D eigenvalue weighted by Crippen LogP contribution is -3.61. The lowest BCUT2D eigenvalue weighted by molar-refractivity contribution is -0.575. The molecule has 1 heterocycles. The Bertz CT molecular complexity index is 421. The van der Waals surface area contributed by atoms with Gasteiger partial charge in [-0.05, 0) is 6.07 Å². The molecule has 0 spiro atoms. The van der Waals surface area contributed by atoms with E-state index in [9.17, 15) is 0 Å². The van der Waals surface area contributed by atoms with Gasteiger partial charge in [0.2, 0.25) is 3.57 Å². The Morgan fingerprint density at radius 3 is 3.14 bits per heavy atom. The Balaban J connectivity index is 2.08. The first kappa shape index (κ1) is 8.39. The first-order valence-corrected chi connectivity index (χ1v) is 6.81. The summed E-state index contributed by atoms with van der Waals surface area (Å²) in [5.74, 6) is 0. The van der Waals surface area contributed by atoms with Crippen molar-refractivity contribution in [3.63, 3.8) is 0 Å². The van der Waals surface area contributed by atoms with Crippen LogP contribution in [0.4, 0.5) is 0 Å². The van der Waals surface area contributed by atoms with E-state index >= 15 is 0 Å². The summed E-state index contributed by atoms with van der Waals surface area (Å²) in [5, 5.41) is 0. The number of halogens is 1. The molecule has 3 rings (SSSR count). The highest BCUT2D eigenvalue weighted by Gasteiger charge is 2.35. The molecule has 2 aliphatic rings. The summed E-state index contributed by atoms with van der Waals surface area (Å²) in [7, 11) is 0. The molecule has 0 radical (unpaired) electrons. The van der Waals surface area contributed by atoms with Crippen LogP contribution in [0.5, 0.6) is 0 Å². The Labute approximate surface area is 94.3 Å². The molecule has 0 atom stereocenters. The molecule has 1 aromatic carbocycles. The number of fused-ring (bicyclic) bond motifs is 1. The summed E-state index contributed by atoms with van der Waals surface area (Å²) in [6.07, 6.45) is 10.7. The highest BCUT2D eigenvalue weighted by Crippen LogP contribution is 2.16. The molecule has 1 aliphatic heterocycles. The largest absolute Gasteiger partial charge is 0.389 e. The predicted molar refractivity (Wildman–Crippen MR) is 52.8 cm³/mol. The van der Waals surface area contributed by atoms with Gasteiger partial charge in [-0.15, -0.1) is 0 Å². The molecular weight excluding hydrogens is 283 g/mol. The molecule has 0 fully saturated rings. The van der Waals surface area contributed by atoms with E-state index in [0.717, 1.165) is 6.42 Å². The summed E-state index contributed by atoms with van der Waals surface area (Å²) in [5.41, 5.74) is 3.01. The highest BCUT2D eigenvalue weighted by molar-refractivity contribution is 5.39. The van der Waals surface area contributed by atoms with Gasteiger partial charge in [0.25, 0.3) is 0 Å². The zero-order chi connectivity index (χ0) is 9.38. The monoisotopic (exact) mass is 292 g/mol. The average Bonchev–Trinajstić information content (AvgIpc) is 2.26. The fraction of sp³-hybridized carbons (Fsp3) is 0.0769. The zero-order valence-electron chi connectivity index (χ0n) is 7.63. The second-order valence-electron chi connectivity index (χ2n) is 3.38. The third kappa shape index (κ3) is 1.33. The van der Waals surface area contributed by atoms with Gasteiger partial charge in [0.1, 0.15) is 23.8 Å². The zero-order valence-corrected chi connectivity index (χ0v) is 9.78. The number of hydrogen-bond acceptors (Lipinski definition) is 0. The van der Waals surface area contributed by atoms with Crippen molar-refractivity contribution in [1.29, 1.82) is 0 Å². The maximum atomic E-state index is 3.17. The van der Waals surface area contributed by atoms with E-state index in [1.54, 1.807) is 7.15 Å². The maximum Gasteiger partial charge on any atom is 0.389 e. The molecule has 1 heteroatoms. The molecule has 0 saturated heterocycles. The van der Waals surface area contributed by atoms with Crippen molar-refractivity contribution in [3.8, 4) is 0 Å². The van der Waals surface area contributed by atoms with Crippen LogP contribution in [0.1, 0.15) is 5.56 Å². The first-order valence-electron chi connectivity index (χ1n) is 4.65. The average molecular weight is 292 g/mol. The lowest BCUT2D eigenvalue weighted by atomic mass is 10.0. The Kier molecular flexibility index (Phi) is 2.00. The molecule has 0 saturated carbocycles. The summed E-state index contributed by atoms with van der Waals surface area (Å²) in [6, 6.07) is 8.83. The van der Waals surface area contributed by atoms with Crippen molar-refractivity contribution in [1.82, 2.24) is 0 Å². The smallest absolute Gasteiger partial charge is 0.0616 e. The van der Waals surface area contributed by atoms with Crippen LogP contribution in [0, 0.1) is 9.65 Å². The quantitative estimate of drug-likeness (QED) is 0.454. The number of allylic oxidation sites excluding steroid dienone is 6. The van der Waals surface area contributed by atoms with Crippen molar-refractivity contribution in [2.45, 2.75) is 6.42 Å². The SMILES string of the molecule is [C+]1=CC2=C(C=C1)[I+]c1ccccc1C2. The summed E-state index contributed by atoms with van der Waals surface area (Å²) in [6.45, 7) is 0. The van der Waals surface area contributed by atoms with E-state index in [4.69, 9.17) is 0 Å². The topological polar surface area (TPSA) is 0 Å². The van der Waals surface area contributed by atoms with E-state index in [2.05, 4.69) is 42.5 Å². The Morgan fingerprint density at radius 1 is 1.21 bits per heavy atom. The molecular formula is C13H9I+2. The molecule has 1 aliphatic carbocycles. The van der Waals surface area contributed by atoms with E-state index in [1.165, 1.54) is 11.1 Å². The molecule has 1 aromatic rings. The van der Waals surface area contributed by atoms with Crippen LogP contribution >= 0.6 is 0 Å². The van der Waals surface area contributed by atoms with Gasteiger partial charge in [-0.2, -0.15) is 0 Å². The minimum atomic E-state index is 0.0553.